The van der Waals surface area contributed by atoms with Crippen LogP contribution < -0.4 is 0 Å². The molecule has 1 aromatic heterocycles. The van der Waals surface area contributed by atoms with Crippen molar-refractivity contribution in [3.05, 3.63) is 34.9 Å². The van der Waals surface area contributed by atoms with Crippen LogP contribution in [0.5, 0.6) is 0 Å². The minimum Gasteiger partial charge on any atom is -0.466 e. The highest BCUT2D eigenvalue weighted by molar-refractivity contribution is 7.08. The molecular formula is C9H10O3S. The largest absolute Gasteiger partial charge is 0.466 e. The van der Waals surface area contributed by atoms with Gasteiger partial charge in [-0.2, -0.15) is 11.3 Å². The summed E-state index contributed by atoms with van der Waals surface area (Å²) in [6, 6.07) is 1.69. The highest BCUT2D eigenvalue weighted by atomic mass is 32.1. The van der Waals surface area contributed by atoms with Gasteiger partial charge in [0, 0.05) is 5.38 Å². The summed E-state index contributed by atoms with van der Waals surface area (Å²) >= 11 is 1.44. The Labute approximate surface area is 80.6 Å². The third-order valence-corrected chi connectivity index (χ3v) is 1.95. The molecule has 0 saturated carbocycles. The van der Waals surface area contributed by atoms with E-state index in [9.17, 15) is 4.79 Å². The van der Waals surface area contributed by atoms with E-state index < -0.39 is 5.97 Å². The molecule has 0 atom stereocenters. The van der Waals surface area contributed by atoms with Gasteiger partial charge < -0.3 is 9.47 Å². The molecule has 1 aromatic rings. The molecule has 0 aromatic carbocycles. The quantitative estimate of drug-likeness (QED) is 0.550. The van der Waals surface area contributed by atoms with E-state index in [4.69, 9.17) is 9.47 Å². The first-order chi connectivity index (χ1) is 6.24. The van der Waals surface area contributed by atoms with Crippen LogP contribution in [0.4, 0.5) is 0 Å². The average Bonchev–Trinajstić information content (AvgIpc) is 2.55. The molecule has 70 valence electrons. The Morgan fingerprint density at radius 2 is 2.46 bits per heavy atom. The normalized spacial score (nSPS) is 9.31. The molecule has 0 amide bonds. The third-order valence-electron chi connectivity index (χ3n) is 1.27. The van der Waals surface area contributed by atoms with Crippen LogP contribution in [0.25, 0.3) is 0 Å². The molecule has 0 unspecified atom stereocenters. The Bertz CT molecular complexity index is 290. The molecule has 1 rings (SSSR count). The number of rotatable bonds is 4. The zero-order valence-corrected chi connectivity index (χ0v) is 8.10. The van der Waals surface area contributed by atoms with Gasteiger partial charge in [-0.05, 0) is 24.9 Å². The van der Waals surface area contributed by atoms with Gasteiger partial charge >= 0.3 is 5.97 Å². The first-order valence-electron chi connectivity index (χ1n) is 3.80. The summed E-state index contributed by atoms with van der Waals surface area (Å²) in [6.45, 7) is 5.67. The summed E-state index contributed by atoms with van der Waals surface area (Å²) < 4.78 is 9.66. The van der Waals surface area contributed by atoms with Gasteiger partial charge in [-0.15, -0.1) is 0 Å². The van der Waals surface area contributed by atoms with Crippen LogP contribution in [0, 0.1) is 0 Å². The molecular weight excluding hydrogens is 188 g/mol. The fraction of sp³-hybridized carbons (Fsp3) is 0.222. The topological polar surface area (TPSA) is 35.5 Å². The maximum atomic E-state index is 11.2. The molecule has 0 aliphatic heterocycles. The monoisotopic (exact) mass is 198 g/mol. The van der Waals surface area contributed by atoms with Crippen LogP contribution in [0.15, 0.2) is 29.4 Å². The molecule has 1 heterocycles. The minimum atomic E-state index is -0.431. The van der Waals surface area contributed by atoms with Crippen molar-refractivity contribution in [1.29, 1.82) is 0 Å². The van der Waals surface area contributed by atoms with Crippen molar-refractivity contribution >= 4 is 17.3 Å². The Kier molecular flexibility index (Phi) is 3.52. The van der Waals surface area contributed by atoms with E-state index in [0.717, 1.165) is 0 Å². The van der Waals surface area contributed by atoms with Crippen LogP contribution in [0.2, 0.25) is 0 Å². The summed E-state index contributed by atoms with van der Waals surface area (Å²) in [7, 11) is 0. The number of hydrogen-bond donors (Lipinski definition) is 0. The summed E-state index contributed by atoms with van der Waals surface area (Å²) in [5.41, 5.74) is 0.519. The van der Waals surface area contributed by atoms with E-state index >= 15 is 0 Å². The van der Waals surface area contributed by atoms with Crippen LogP contribution >= 0.6 is 11.3 Å². The number of carbonyl (C=O) groups is 1. The predicted molar refractivity (Wildman–Crippen MR) is 50.5 cm³/mol. The van der Waals surface area contributed by atoms with Gasteiger partial charge in [0.15, 0.2) is 0 Å². The number of carbonyl (C=O) groups excluding carboxylic acids is 1. The van der Waals surface area contributed by atoms with Gasteiger partial charge in [0.05, 0.1) is 12.2 Å². The Balaban J connectivity index is 2.47. The second kappa shape index (κ2) is 4.67. The smallest absolute Gasteiger partial charge is 0.346 e. The molecule has 0 fully saturated rings. The zero-order valence-electron chi connectivity index (χ0n) is 7.28. The molecule has 4 heteroatoms. The first kappa shape index (κ1) is 9.80. The first-order valence-corrected chi connectivity index (χ1v) is 4.74. The Morgan fingerprint density at radius 1 is 1.69 bits per heavy atom. The Morgan fingerprint density at radius 3 is 3.00 bits per heavy atom. The molecule has 3 nitrogen and oxygen atoms in total. The lowest BCUT2D eigenvalue weighted by molar-refractivity contribution is 0.0293. The maximum absolute atomic E-state index is 11.2. The van der Waals surface area contributed by atoms with Crippen molar-refractivity contribution in [2.45, 2.75) is 6.92 Å². The van der Waals surface area contributed by atoms with Crippen molar-refractivity contribution in [3.8, 4) is 0 Å². The van der Waals surface area contributed by atoms with Crippen LogP contribution in [-0.4, -0.2) is 12.6 Å². The van der Waals surface area contributed by atoms with Gasteiger partial charge in [-0.1, -0.05) is 0 Å². The van der Waals surface area contributed by atoms with Crippen molar-refractivity contribution in [3.63, 3.8) is 0 Å². The molecule has 0 spiro atoms. The minimum absolute atomic E-state index is 0.0405. The van der Waals surface area contributed by atoms with E-state index in [1.807, 2.05) is 0 Å². The lowest BCUT2D eigenvalue weighted by atomic mass is 10.3. The molecule has 0 radical (unpaired) electrons. The highest BCUT2D eigenvalue weighted by Gasteiger charge is 2.09. The van der Waals surface area contributed by atoms with Crippen LogP contribution in [0.1, 0.15) is 17.3 Å². The number of hydrogen-bond acceptors (Lipinski definition) is 4. The predicted octanol–water partition coefficient (Wildman–Crippen LogP) is 2.41. The fourth-order valence-corrected chi connectivity index (χ4v) is 1.36. The molecule has 0 saturated heterocycles. The van der Waals surface area contributed by atoms with Crippen molar-refractivity contribution in [1.82, 2.24) is 0 Å². The fourth-order valence-electron chi connectivity index (χ4n) is 0.733. The van der Waals surface area contributed by atoms with Gasteiger partial charge in [-0.25, -0.2) is 4.79 Å². The van der Waals surface area contributed by atoms with Gasteiger partial charge in [-0.3, -0.25) is 0 Å². The van der Waals surface area contributed by atoms with E-state index in [2.05, 4.69) is 6.58 Å². The second-order valence-electron chi connectivity index (χ2n) is 2.21. The van der Waals surface area contributed by atoms with Gasteiger partial charge in [0.2, 0.25) is 0 Å². The van der Waals surface area contributed by atoms with Crippen LogP contribution in [-0.2, 0) is 9.47 Å². The average molecular weight is 198 g/mol. The SMILES string of the molecule is C=C(OCC)OC(=O)c1ccsc1. The molecule has 0 aliphatic rings. The highest BCUT2D eigenvalue weighted by Crippen LogP contribution is 2.09. The third kappa shape index (κ3) is 2.91. The van der Waals surface area contributed by atoms with E-state index in [0.29, 0.717) is 12.2 Å². The lowest BCUT2D eigenvalue weighted by Crippen LogP contribution is -2.05. The summed E-state index contributed by atoms with van der Waals surface area (Å²) in [5, 5.41) is 3.52. The summed E-state index contributed by atoms with van der Waals surface area (Å²) in [5.74, 6) is -0.390. The number of esters is 1. The molecule has 0 aliphatic carbocycles. The Hall–Kier alpha value is -1.29. The number of thiophene rings is 1. The number of ether oxygens (including phenoxy) is 2. The van der Waals surface area contributed by atoms with Gasteiger partial charge in [0.1, 0.15) is 0 Å². The van der Waals surface area contributed by atoms with E-state index in [1.165, 1.54) is 11.3 Å². The summed E-state index contributed by atoms with van der Waals surface area (Å²) in [4.78, 5) is 11.2. The molecule has 13 heavy (non-hydrogen) atoms. The standard InChI is InChI=1S/C9H10O3S/c1-3-11-7(2)12-9(10)8-4-5-13-6-8/h4-6H,2-3H2,1H3. The van der Waals surface area contributed by atoms with E-state index in [-0.39, 0.29) is 5.95 Å². The van der Waals surface area contributed by atoms with Crippen molar-refractivity contribution in [2.24, 2.45) is 0 Å². The zero-order chi connectivity index (χ0) is 9.68. The molecule has 0 bridgehead atoms. The maximum Gasteiger partial charge on any atom is 0.346 e. The second-order valence-corrected chi connectivity index (χ2v) is 2.99. The lowest BCUT2D eigenvalue weighted by Gasteiger charge is -2.05. The summed E-state index contributed by atoms with van der Waals surface area (Å²) in [6.07, 6.45) is 0. The molecule has 0 N–H and O–H groups in total. The van der Waals surface area contributed by atoms with E-state index in [1.54, 1.807) is 23.8 Å². The van der Waals surface area contributed by atoms with Gasteiger partial charge in [0.25, 0.3) is 5.95 Å². The van der Waals surface area contributed by atoms with Crippen LogP contribution in [0.3, 0.4) is 0 Å². The van der Waals surface area contributed by atoms with Crippen molar-refractivity contribution < 1.29 is 14.3 Å². The van der Waals surface area contributed by atoms with Crippen molar-refractivity contribution in [2.75, 3.05) is 6.61 Å².